The third-order valence-corrected chi connectivity index (χ3v) is 6.14. The summed E-state index contributed by atoms with van der Waals surface area (Å²) in [6, 6.07) is 34.0. The Kier molecular flexibility index (Phi) is 7.46. The van der Waals surface area contributed by atoms with Crippen LogP contribution in [0.2, 0.25) is 0 Å². The van der Waals surface area contributed by atoms with Crippen LogP contribution in [0.3, 0.4) is 0 Å². The number of hydrogen-bond donors (Lipinski definition) is 1. The maximum absolute atomic E-state index is 13.6. The number of nitrogens with zero attached hydrogens (tertiary/aromatic N) is 3. The highest BCUT2D eigenvalue weighted by Crippen LogP contribution is 2.29. The first-order chi connectivity index (χ1) is 18.2. The summed E-state index contributed by atoms with van der Waals surface area (Å²) in [4.78, 5) is 24.6. The van der Waals surface area contributed by atoms with E-state index in [1.165, 1.54) is 12.1 Å². The van der Waals surface area contributed by atoms with Gasteiger partial charge in [-0.05, 0) is 47.5 Å². The normalized spacial score (nSPS) is 10.8. The Morgan fingerprint density at radius 1 is 0.757 bits per heavy atom. The maximum Gasteiger partial charge on any atom is 0.222 e. The summed E-state index contributed by atoms with van der Waals surface area (Å²) in [7, 11) is 0. The fourth-order valence-corrected chi connectivity index (χ4v) is 4.21. The van der Waals surface area contributed by atoms with E-state index >= 15 is 0 Å². The first-order valence-corrected chi connectivity index (χ1v) is 12.3. The highest BCUT2D eigenvalue weighted by atomic mass is 19.1. The number of para-hydroxylation sites is 1. The van der Waals surface area contributed by atoms with Gasteiger partial charge in [0.15, 0.2) is 5.82 Å². The summed E-state index contributed by atoms with van der Waals surface area (Å²) in [5, 5.41) is 3.91. The van der Waals surface area contributed by atoms with Crippen LogP contribution in [0.4, 0.5) is 10.2 Å². The lowest BCUT2D eigenvalue weighted by atomic mass is 10.1. The molecule has 0 aliphatic carbocycles. The highest BCUT2D eigenvalue weighted by Gasteiger charge is 2.17. The number of halogens is 1. The van der Waals surface area contributed by atoms with Gasteiger partial charge in [-0.3, -0.25) is 4.79 Å². The lowest BCUT2D eigenvalue weighted by Crippen LogP contribution is -2.31. The van der Waals surface area contributed by atoms with E-state index in [4.69, 9.17) is 9.97 Å². The molecule has 5 aromatic rings. The Hall–Kier alpha value is -4.58. The summed E-state index contributed by atoms with van der Waals surface area (Å²) >= 11 is 0. The number of aromatic nitrogens is 2. The van der Waals surface area contributed by atoms with Crippen molar-refractivity contribution in [2.24, 2.45) is 0 Å². The van der Waals surface area contributed by atoms with Crippen LogP contribution in [-0.4, -0.2) is 22.4 Å². The van der Waals surface area contributed by atoms with Crippen LogP contribution in [0, 0.1) is 5.82 Å². The molecule has 0 bridgehead atoms. The maximum atomic E-state index is 13.6. The van der Waals surface area contributed by atoms with E-state index in [-0.39, 0.29) is 11.7 Å². The smallest absolute Gasteiger partial charge is 0.222 e. The number of carbonyl (C=O) groups is 1. The molecule has 6 heteroatoms. The van der Waals surface area contributed by atoms with Gasteiger partial charge in [-0.15, -0.1) is 0 Å². The third kappa shape index (κ3) is 6.16. The molecule has 1 N–H and O–H groups in total. The molecular weight excluding hydrogens is 463 g/mol. The first kappa shape index (κ1) is 24.1. The molecule has 37 heavy (non-hydrogen) atoms. The molecule has 5 rings (SSSR count). The summed E-state index contributed by atoms with van der Waals surface area (Å²) in [6.07, 6.45) is 0.309. The number of benzene rings is 4. The van der Waals surface area contributed by atoms with Gasteiger partial charge in [-0.2, -0.15) is 0 Å². The van der Waals surface area contributed by atoms with Gasteiger partial charge in [-0.1, -0.05) is 72.8 Å². The Bertz CT molecular complexity index is 1470. The predicted molar refractivity (Wildman–Crippen MR) is 145 cm³/mol. The van der Waals surface area contributed by atoms with Gasteiger partial charge in [0, 0.05) is 37.0 Å². The minimum Gasteiger partial charge on any atom is -0.352 e. The number of amides is 1. The summed E-state index contributed by atoms with van der Waals surface area (Å²) in [5.74, 6) is 0.918. The zero-order valence-electron chi connectivity index (χ0n) is 20.3. The van der Waals surface area contributed by atoms with Gasteiger partial charge in [0.1, 0.15) is 11.6 Å². The van der Waals surface area contributed by atoms with E-state index in [2.05, 4.69) is 22.3 Å². The minimum atomic E-state index is -0.308. The van der Waals surface area contributed by atoms with Crippen LogP contribution in [-0.2, 0) is 17.9 Å². The van der Waals surface area contributed by atoms with Crippen molar-refractivity contribution in [1.82, 2.24) is 15.3 Å². The van der Waals surface area contributed by atoms with Crippen LogP contribution < -0.4 is 10.2 Å². The van der Waals surface area contributed by atoms with Crippen molar-refractivity contribution in [2.75, 3.05) is 11.4 Å². The largest absolute Gasteiger partial charge is 0.352 e. The number of rotatable bonds is 9. The molecule has 0 unspecified atom stereocenters. The molecule has 0 radical (unpaired) electrons. The molecule has 5 nitrogen and oxygen atoms in total. The molecule has 1 aromatic heterocycles. The monoisotopic (exact) mass is 490 g/mol. The van der Waals surface area contributed by atoms with Gasteiger partial charge >= 0.3 is 0 Å². The Morgan fingerprint density at radius 2 is 1.41 bits per heavy atom. The van der Waals surface area contributed by atoms with Gasteiger partial charge in [0.05, 0.1) is 5.52 Å². The molecule has 184 valence electrons. The minimum absolute atomic E-state index is 0.0287. The SMILES string of the molecule is O=C(CCN(Cc1ccccc1)c1nc(-c2ccc(F)cc2)nc2ccccc12)NCc1ccccc1. The molecule has 4 aromatic carbocycles. The standard InChI is InChI=1S/C31H27FN4O/c32-26-17-15-25(16-18-26)30-34-28-14-8-7-13-27(28)31(35-30)36(22-24-11-5-2-6-12-24)20-19-29(37)33-21-23-9-3-1-4-10-23/h1-18H,19-22H2,(H,33,37). The number of fused-ring (bicyclic) bond motifs is 1. The quantitative estimate of drug-likeness (QED) is 0.269. The van der Waals surface area contributed by atoms with Crippen LogP contribution in [0.1, 0.15) is 17.5 Å². The van der Waals surface area contributed by atoms with Gasteiger partial charge in [0.2, 0.25) is 5.91 Å². The summed E-state index contributed by atoms with van der Waals surface area (Å²) < 4.78 is 13.6. The third-order valence-electron chi connectivity index (χ3n) is 6.14. The molecule has 0 aliphatic heterocycles. The number of nitrogens with one attached hydrogen (secondary N) is 1. The number of anilines is 1. The number of hydrogen-bond acceptors (Lipinski definition) is 4. The second-order valence-electron chi connectivity index (χ2n) is 8.81. The second kappa shape index (κ2) is 11.4. The Labute approximate surface area is 215 Å². The fourth-order valence-electron chi connectivity index (χ4n) is 4.21. The molecule has 0 spiro atoms. The zero-order chi connectivity index (χ0) is 25.5. The van der Waals surface area contributed by atoms with Crippen LogP contribution in [0.15, 0.2) is 109 Å². The van der Waals surface area contributed by atoms with Gasteiger partial charge < -0.3 is 10.2 Å². The molecule has 0 saturated carbocycles. The molecule has 1 heterocycles. The van der Waals surface area contributed by atoms with Crippen molar-refractivity contribution in [3.8, 4) is 11.4 Å². The van der Waals surface area contributed by atoms with Crippen LogP contribution >= 0.6 is 0 Å². The van der Waals surface area contributed by atoms with E-state index in [1.807, 2.05) is 72.8 Å². The summed E-state index contributed by atoms with van der Waals surface area (Å²) in [6.45, 7) is 1.54. The summed E-state index contributed by atoms with van der Waals surface area (Å²) in [5.41, 5.74) is 3.69. The van der Waals surface area contributed by atoms with Crippen LogP contribution in [0.5, 0.6) is 0 Å². The topological polar surface area (TPSA) is 58.1 Å². The molecule has 1 amide bonds. The lowest BCUT2D eigenvalue weighted by molar-refractivity contribution is -0.121. The Balaban J connectivity index is 1.45. The number of carbonyl (C=O) groups excluding carboxylic acids is 1. The fraction of sp³-hybridized carbons (Fsp3) is 0.129. The van der Waals surface area contributed by atoms with Crippen LogP contribution in [0.25, 0.3) is 22.3 Å². The van der Waals surface area contributed by atoms with Crippen molar-refractivity contribution in [3.63, 3.8) is 0 Å². The van der Waals surface area contributed by atoms with E-state index in [9.17, 15) is 9.18 Å². The van der Waals surface area contributed by atoms with Crippen molar-refractivity contribution in [1.29, 1.82) is 0 Å². The predicted octanol–water partition coefficient (Wildman–Crippen LogP) is 6.15. The Morgan fingerprint density at radius 3 is 2.14 bits per heavy atom. The molecule has 0 fully saturated rings. The van der Waals surface area contributed by atoms with E-state index in [0.29, 0.717) is 31.9 Å². The van der Waals surface area contributed by atoms with E-state index in [1.54, 1.807) is 12.1 Å². The first-order valence-electron chi connectivity index (χ1n) is 12.3. The molecule has 0 aliphatic rings. The van der Waals surface area contributed by atoms with Crippen molar-refractivity contribution < 1.29 is 9.18 Å². The van der Waals surface area contributed by atoms with E-state index < -0.39 is 0 Å². The van der Waals surface area contributed by atoms with Crippen molar-refractivity contribution in [3.05, 3.63) is 126 Å². The molecule has 0 saturated heterocycles. The molecule has 0 atom stereocenters. The highest BCUT2D eigenvalue weighted by molar-refractivity contribution is 5.91. The second-order valence-corrected chi connectivity index (χ2v) is 8.81. The average Bonchev–Trinajstić information content (AvgIpc) is 2.95. The van der Waals surface area contributed by atoms with Gasteiger partial charge in [0.25, 0.3) is 0 Å². The average molecular weight is 491 g/mol. The zero-order valence-corrected chi connectivity index (χ0v) is 20.3. The lowest BCUT2D eigenvalue weighted by Gasteiger charge is -2.25. The molecular formula is C31H27FN4O. The van der Waals surface area contributed by atoms with Crippen molar-refractivity contribution in [2.45, 2.75) is 19.5 Å². The van der Waals surface area contributed by atoms with Gasteiger partial charge in [-0.25, -0.2) is 14.4 Å². The van der Waals surface area contributed by atoms with E-state index in [0.717, 1.165) is 33.4 Å². The van der Waals surface area contributed by atoms with Crippen molar-refractivity contribution >= 4 is 22.6 Å².